The van der Waals surface area contributed by atoms with Gasteiger partial charge in [-0.2, -0.15) is 4.98 Å². The second kappa shape index (κ2) is 7.06. The topological polar surface area (TPSA) is 106 Å². The first kappa shape index (κ1) is 17.0. The number of aromatic nitrogens is 3. The number of nitrogens with zero attached hydrogens (tertiary/aromatic N) is 4. The number of anilines is 3. The van der Waals surface area contributed by atoms with Crippen LogP contribution in [0.4, 0.5) is 17.3 Å². The van der Waals surface area contributed by atoms with Crippen LogP contribution >= 0.6 is 0 Å². The highest BCUT2D eigenvalue weighted by atomic mass is 16.2. The Balaban J connectivity index is 1.57. The van der Waals surface area contributed by atoms with Gasteiger partial charge in [0.2, 0.25) is 17.8 Å². The van der Waals surface area contributed by atoms with Crippen molar-refractivity contribution in [3.8, 4) is 0 Å². The predicted octanol–water partition coefficient (Wildman–Crippen LogP) is 2.18. The van der Waals surface area contributed by atoms with E-state index in [1.54, 1.807) is 11.1 Å². The molecule has 1 fully saturated rings. The molecule has 27 heavy (non-hydrogen) atoms. The number of aryl methyl sites for hydroxylation is 1. The number of amides is 2. The lowest BCUT2D eigenvalue weighted by Gasteiger charge is -2.16. The van der Waals surface area contributed by atoms with Gasteiger partial charge in [-0.1, -0.05) is 6.07 Å². The van der Waals surface area contributed by atoms with Gasteiger partial charge in [-0.05, 0) is 30.7 Å². The van der Waals surface area contributed by atoms with Crippen molar-refractivity contribution in [1.29, 1.82) is 0 Å². The van der Waals surface area contributed by atoms with E-state index in [1.165, 1.54) is 0 Å². The fraction of sp³-hybridized carbons (Fsp3) is 0.263. The zero-order valence-electron chi connectivity index (χ0n) is 14.8. The SMILES string of the molecule is NC(=O)CCn1ccc2cnc(Nc3cccc(N4CCCC4=O)c3)nc21. The smallest absolute Gasteiger partial charge is 0.229 e. The zero-order chi connectivity index (χ0) is 18.8. The molecule has 2 amide bonds. The molecule has 3 heterocycles. The summed E-state index contributed by atoms with van der Waals surface area (Å²) >= 11 is 0. The van der Waals surface area contributed by atoms with Crippen molar-refractivity contribution in [2.75, 3.05) is 16.8 Å². The molecule has 3 aromatic rings. The Bertz CT molecular complexity index is 1010. The van der Waals surface area contributed by atoms with Gasteiger partial charge in [0.1, 0.15) is 5.65 Å². The maximum Gasteiger partial charge on any atom is 0.229 e. The molecule has 0 aliphatic carbocycles. The maximum atomic E-state index is 12.0. The fourth-order valence-electron chi connectivity index (χ4n) is 3.24. The molecule has 0 spiro atoms. The van der Waals surface area contributed by atoms with Crippen LogP contribution in [0.25, 0.3) is 11.0 Å². The summed E-state index contributed by atoms with van der Waals surface area (Å²) in [6.07, 6.45) is 5.34. The van der Waals surface area contributed by atoms with Crippen LogP contribution in [0.15, 0.2) is 42.7 Å². The van der Waals surface area contributed by atoms with Crippen molar-refractivity contribution in [2.24, 2.45) is 5.73 Å². The largest absolute Gasteiger partial charge is 0.370 e. The molecule has 2 aromatic heterocycles. The Labute approximate surface area is 156 Å². The lowest BCUT2D eigenvalue weighted by atomic mass is 10.2. The number of benzene rings is 1. The molecule has 1 aliphatic heterocycles. The molecule has 0 bridgehead atoms. The van der Waals surface area contributed by atoms with Gasteiger partial charge in [0.25, 0.3) is 0 Å². The number of hydrogen-bond acceptors (Lipinski definition) is 5. The van der Waals surface area contributed by atoms with Crippen molar-refractivity contribution in [1.82, 2.24) is 14.5 Å². The number of nitrogens with one attached hydrogen (secondary N) is 1. The second-order valence-electron chi connectivity index (χ2n) is 6.52. The van der Waals surface area contributed by atoms with Gasteiger partial charge in [-0.15, -0.1) is 0 Å². The molecule has 4 rings (SSSR count). The zero-order valence-corrected chi connectivity index (χ0v) is 14.8. The van der Waals surface area contributed by atoms with Crippen LogP contribution in [0, 0.1) is 0 Å². The molecular weight excluding hydrogens is 344 g/mol. The Hall–Kier alpha value is -3.42. The Morgan fingerprint density at radius 3 is 2.96 bits per heavy atom. The number of carbonyl (C=O) groups is 2. The van der Waals surface area contributed by atoms with E-state index in [2.05, 4.69) is 15.3 Å². The summed E-state index contributed by atoms with van der Waals surface area (Å²) in [5, 5.41) is 4.08. The third kappa shape index (κ3) is 3.59. The summed E-state index contributed by atoms with van der Waals surface area (Å²) < 4.78 is 1.88. The standard InChI is InChI=1S/C19H20N6O2/c20-16(26)7-10-24-9-6-13-12-21-19(23-18(13)24)22-14-3-1-4-15(11-14)25-8-2-5-17(25)27/h1,3-4,6,9,11-12H,2,5,7-8,10H2,(H2,20,26)(H,21,22,23). The van der Waals surface area contributed by atoms with Crippen LogP contribution in [-0.2, 0) is 16.1 Å². The third-order valence-electron chi connectivity index (χ3n) is 4.59. The van der Waals surface area contributed by atoms with Gasteiger partial charge in [-0.25, -0.2) is 4.98 Å². The first-order chi connectivity index (χ1) is 13.1. The number of carbonyl (C=O) groups excluding carboxylic acids is 2. The maximum absolute atomic E-state index is 12.0. The highest BCUT2D eigenvalue weighted by Crippen LogP contribution is 2.25. The molecule has 1 aliphatic rings. The highest BCUT2D eigenvalue weighted by molar-refractivity contribution is 5.95. The first-order valence-corrected chi connectivity index (χ1v) is 8.88. The summed E-state index contributed by atoms with van der Waals surface area (Å²) in [5.41, 5.74) is 7.65. The molecule has 0 unspecified atom stereocenters. The van der Waals surface area contributed by atoms with Gasteiger partial charge >= 0.3 is 0 Å². The van der Waals surface area contributed by atoms with Crippen molar-refractivity contribution in [2.45, 2.75) is 25.8 Å². The van der Waals surface area contributed by atoms with Gasteiger partial charge in [0.05, 0.1) is 0 Å². The molecule has 0 radical (unpaired) electrons. The van der Waals surface area contributed by atoms with Gasteiger partial charge in [0.15, 0.2) is 0 Å². The van der Waals surface area contributed by atoms with Crippen molar-refractivity contribution >= 4 is 40.2 Å². The van der Waals surface area contributed by atoms with E-state index in [0.717, 1.165) is 35.4 Å². The minimum Gasteiger partial charge on any atom is -0.370 e. The van der Waals surface area contributed by atoms with E-state index in [-0.39, 0.29) is 18.2 Å². The molecule has 1 saturated heterocycles. The van der Waals surface area contributed by atoms with Crippen molar-refractivity contribution < 1.29 is 9.59 Å². The summed E-state index contributed by atoms with van der Waals surface area (Å²) in [4.78, 5) is 33.7. The molecule has 1 aromatic carbocycles. The minimum absolute atomic E-state index is 0.150. The van der Waals surface area contributed by atoms with Crippen molar-refractivity contribution in [3.05, 3.63) is 42.7 Å². The van der Waals surface area contributed by atoms with Gasteiger partial charge < -0.3 is 20.5 Å². The van der Waals surface area contributed by atoms with Crippen LogP contribution in [0.5, 0.6) is 0 Å². The Kier molecular flexibility index (Phi) is 4.45. The van der Waals surface area contributed by atoms with E-state index >= 15 is 0 Å². The summed E-state index contributed by atoms with van der Waals surface area (Å²) in [5.74, 6) is 0.251. The molecule has 138 valence electrons. The van der Waals surface area contributed by atoms with E-state index in [0.29, 0.717) is 18.9 Å². The molecule has 0 saturated carbocycles. The van der Waals surface area contributed by atoms with E-state index in [9.17, 15) is 9.59 Å². The second-order valence-corrected chi connectivity index (χ2v) is 6.52. The summed E-state index contributed by atoms with van der Waals surface area (Å²) in [7, 11) is 0. The fourth-order valence-corrected chi connectivity index (χ4v) is 3.24. The number of primary amides is 1. The highest BCUT2D eigenvalue weighted by Gasteiger charge is 2.21. The first-order valence-electron chi connectivity index (χ1n) is 8.88. The summed E-state index contributed by atoms with van der Waals surface area (Å²) in [6.45, 7) is 1.22. The minimum atomic E-state index is -0.350. The van der Waals surface area contributed by atoms with Crippen LogP contribution in [0.1, 0.15) is 19.3 Å². The third-order valence-corrected chi connectivity index (χ3v) is 4.59. The lowest BCUT2D eigenvalue weighted by molar-refractivity contribution is -0.118. The average Bonchev–Trinajstić information content (AvgIpc) is 3.26. The molecule has 0 atom stereocenters. The van der Waals surface area contributed by atoms with E-state index in [4.69, 9.17) is 5.73 Å². The van der Waals surface area contributed by atoms with E-state index < -0.39 is 0 Å². The predicted molar refractivity (Wildman–Crippen MR) is 103 cm³/mol. The van der Waals surface area contributed by atoms with Crippen LogP contribution in [-0.4, -0.2) is 32.9 Å². The monoisotopic (exact) mass is 364 g/mol. The van der Waals surface area contributed by atoms with Crippen LogP contribution in [0.3, 0.4) is 0 Å². The molecule has 3 N–H and O–H groups in total. The molecule has 8 heteroatoms. The number of fused-ring (bicyclic) bond motifs is 1. The van der Waals surface area contributed by atoms with Gasteiger partial charge in [-0.3, -0.25) is 9.59 Å². The van der Waals surface area contributed by atoms with E-state index in [1.807, 2.05) is 41.1 Å². The lowest BCUT2D eigenvalue weighted by Crippen LogP contribution is -2.23. The van der Waals surface area contributed by atoms with Crippen molar-refractivity contribution in [3.63, 3.8) is 0 Å². The quantitative estimate of drug-likeness (QED) is 0.697. The summed E-state index contributed by atoms with van der Waals surface area (Å²) in [6, 6.07) is 9.55. The average molecular weight is 364 g/mol. The normalized spacial score (nSPS) is 14.1. The molecule has 8 nitrogen and oxygen atoms in total. The Morgan fingerprint density at radius 2 is 2.19 bits per heavy atom. The van der Waals surface area contributed by atoms with Crippen LogP contribution in [0.2, 0.25) is 0 Å². The van der Waals surface area contributed by atoms with Gasteiger partial charge in [0, 0.05) is 55.1 Å². The number of rotatable bonds is 6. The van der Waals surface area contributed by atoms with Crippen LogP contribution < -0.4 is 16.0 Å². The number of nitrogens with two attached hydrogens (primary N) is 1. The molecular formula is C19H20N6O2. The Morgan fingerprint density at radius 1 is 1.30 bits per heavy atom. The number of hydrogen-bond donors (Lipinski definition) is 2.